The lowest BCUT2D eigenvalue weighted by atomic mass is 9.94. The zero-order valence-electron chi connectivity index (χ0n) is 14.1. The highest BCUT2D eigenvalue weighted by atomic mass is 16.5. The molecule has 1 aromatic heterocycles. The molecule has 24 heavy (non-hydrogen) atoms. The predicted octanol–water partition coefficient (Wildman–Crippen LogP) is 2.87. The summed E-state index contributed by atoms with van der Waals surface area (Å²) >= 11 is 0. The summed E-state index contributed by atoms with van der Waals surface area (Å²) < 4.78 is 11.0. The number of aliphatic hydroxyl groups excluding tert-OH is 1. The normalized spacial score (nSPS) is 15.8. The average Bonchev–Trinajstić information content (AvgIpc) is 3.11. The topological polar surface area (TPSA) is 71.6 Å². The fourth-order valence-electron chi connectivity index (χ4n) is 3.31. The van der Waals surface area contributed by atoms with Crippen LogP contribution in [0.25, 0.3) is 11.5 Å². The molecule has 2 aromatic rings. The van der Waals surface area contributed by atoms with Gasteiger partial charge >= 0.3 is 0 Å². The molecular weight excluding hydrogens is 306 g/mol. The quantitative estimate of drug-likeness (QED) is 0.841. The number of rotatable bonds is 7. The molecule has 1 aliphatic rings. The van der Waals surface area contributed by atoms with E-state index in [1.165, 1.54) is 32.1 Å². The van der Waals surface area contributed by atoms with Crippen molar-refractivity contribution in [2.45, 2.75) is 44.7 Å². The molecule has 6 heteroatoms. The summed E-state index contributed by atoms with van der Waals surface area (Å²) in [7, 11) is 1.64. The Hall–Kier alpha value is -1.92. The lowest BCUT2D eigenvalue weighted by Gasteiger charge is -2.32. The van der Waals surface area contributed by atoms with Crippen LogP contribution in [0.15, 0.2) is 28.7 Å². The number of methoxy groups -OCH3 is 1. The Labute approximate surface area is 142 Å². The third kappa shape index (κ3) is 4.13. The Morgan fingerprint density at radius 1 is 1.17 bits per heavy atom. The first-order chi connectivity index (χ1) is 11.8. The minimum atomic E-state index is 0.149. The average molecular weight is 331 g/mol. The van der Waals surface area contributed by atoms with E-state index < -0.39 is 0 Å². The highest BCUT2D eigenvalue weighted by molar-refractivity contribution is 5.53. The van der Waals surface area contributed by atoms with Crippen molar-refractivity contribution in [1.29, 1.82) is 0 Å². The van der Waals surface area contributed by atoms with E-state index >= 15 is 0 Å². The van der Waals surface area contributed by atoms with Crippen molar-refractivity contribution in [2.24, 2.45) is 0 Å². The van der Waals surface area contributed by atoms with E-state index in [1.54, 1.807) is 7.11 Å². The van der Waals surface area contributed by atoms with Gasteiger partial charge in [-0.15, -0.1) is 10.2 Å². The molecule has 0 saturated heterocycles. The minimum Gasteiger partial charge on any atom is -0.497 e. The van der Waals surface area contributed by atoms with Gasteiger partial charge in [-0.2, -0.15) is 0 Å². The molecule has 0 radical (unpaired) electrons. The molecule has 1 fully saturated rings. The largest absolute Gasteiger partial charge is 0.497 e. The van der Waals surface area contributed by atoms with E-state index in [4.69, 9.17) is 9.15 Å². The second kappa shape index (κ2) is 8.26. The molecule has 6 nitrogen and oxygen atoms in total. The van der Waals surface area contributed by atoms with Gasteiger partial charge in [0.1, 0.15) is 5.75 Å². The Balaban J connectivity index is 1.68. The standard InChI is InChI=1S/C18H25N3O3/c1-23-16-9-7-14(8-10-16)18-20-19-17(24-18)13-21(11-12-22)15-5-3-2-4-6-15/h7-10,15,22H,2-6,11-13H2,1H3. The summed E-state index contributed by atoms with van der Waals surface area (Å²) in [5, 5.41) is 17.7. The Kier molecular flexibility index (Phi) is 5.82. The first kappa shape index (κ1) is 16.9. The molecule has 1 heterocycles. The molecule has 0 amide bonds. The van der Waals surface area contributed by atoms with Gasteiger partial charge in [-0.25, -0.2) is 0 Å². The van der Waals surface area contributed by atoms with E-state index in [0.717, 1.165) is 11.3 Å². The van der Waals surface area contributed by atoms with Crippen LogP contribution in [0.3, 0.4) is 0 Å². The van der Waals surface area contributed by atoms with Crippen LogP contribution in [0, 0.1) is 0 Å². The minimum absolute atomic E-state index is 0.149. The van der Waals surface area contributed by atoms with Crippen molar-refractivity contribution in [3.05, 3.63) is 30.2 Å². The van der Waals surface area contributed by atoms with Crippen LogP contribution in [0.4, 0.5) is 0 Å². The van der Waals surface area contributed by atoms with Crippen molar-refractivity contribution >= 4 is 0 Å². The van der Waals surface area contributed by atoms with Crippen LogP contribution in [-0.4, -0.2) is 46.5 Å². The molecule has 0 unspecified atom stereocenters. The van der Waals surface area contributed by atoms with E-state index in [9.17, 15) is 5.11 Å². The number of hydrogen-bond donors (Lipinski definition) is 1. The Morgan fingerprint density at radius 2 is 1.92 bits per heavy atom. The fraction of sp³-hybridized carbons (Fsp3) is 0.556. The van der Waals surface area contributed by atoms with Crippen LogP contribution in [0.2, 0.25) is 0 Å². The van der Waals surface area contributed by atoms with Gasteiger partial charge < -0.3 is 14.3 Å². The lowest BCUT2D eigenvalue weighted by Crippen LogP contribution is -2.38. The van der Waals surface area contributed by atoms with Gasteiger partial charge in [-0.05, 0) is 37.1 Å². The van der Waals surface area contributed by atoms with Crippen LogP contribution in [0.5, 0.6) is 5.75 Å². The van der Waals surface area contributed by atoms with Gasteiger partial charge in [-0.1, -0.05) is 19.3 Å². The van der Waals surface area contributed by atoms with E-state index in [2.05, 4.69) is 15.1 Å². The van der Waals surface area contributed by atoms with E-state index in [1.807, 2.05) is 24.3 Å². The molecule has 0 bridgehead atoms. The van der Waals surface area contributed by atoms with Gasteiger partial charge in [-0.3, -0.25) is 4.90 Å². The molecule has 1 aliphatic carbocycles. The maximum atomic E-state index is 9.36. The monoisotopic (exact) mass is 331 g/mol. The van der Waals surface area contributed by atoms with Gasteiger partial charge in [0.2, 0.25) is 11.8 Å². The Bertz CT molecular complexity index is 621. The van der Waals surface area contributed by atoms with E-state index in [-0.39, 0.29) is 6.61 Å². The van der Waals surface area contributed by atoms with Gasteiger partial charge in [0.25, 0.3) is 0 Å². The SMILES string of the molecule is COc1ccc(-c2nnc(CN(CCO)C3CCCCC3)o2)cc1. The zero-order valence-corrected chi connectivity index (χ0v) is 14.1. The van der Waals surface area contributed by atoms with Crippen molar-refractivity contribution in [1.82, 2.24) is 15.1 Å². The van der Waals surface area contributed by atoms with Crippen molar-refractivity contribution in [3.63, 3.8) is 0 Å². The third-order valence-electron chi connectivity index (χ3n) is 4.62. The highest BCUT2D eigenvalue weighted by Gasteiger charge is 2.22. The summed E-state index contributed by atoms with van der Waals surface area (Å²) in [6.45, 7) is 1.38. The zero-order chi connectivity index (χ0) is 16.8. The van der Waals surface area contributed by atoms with Gasteiger partial charge in [0.15, 0.2) is 0 Å². The maximum absolute atomic E-state index is 9.36. The molecule has 3 rings (SSSR count). The van der Waals surface area contributed by atoms with E-state index in [0.29, 0.717) is 30.9 Å². The second-order valence-corrected chi connectivity index (χ2v) is 6.22. The number of aliphatic hydroxyl groups is 1. The Morgan fingerprint density at radius 3 is 2.58 bits per heavy atom. The summed E-state index contributed by atoms with van der Waals surface area (Å²) in [5.41, 5.74) is 0.876. The highest BCUT2D eigenvalue weighted by Crippen LogP contribution is 2.25. The maximum Gasteiger partial charge on any atom is 0.247 e. The van der Waals surface area contributed by atoms with Crippen molar-refractivity contribution < 1.29 is 14.3 Å². The van der Waals surface area contributed by atoms with Crippen molar-refractivity contribution in [2.75, 3.05) is 20.3 Å². The number of hydrogen-bond acceptors (Lipinski definition) is 6. The van der Waals surface area contributed by atoms with Crippen molar-refractivity contribution in [3.8, 4) is 17.2 Å². The summed E-state index contributed by atoms with van der Waals surface area (Å²) in [4.78, 5) is 2.27. The molecule has 0 spiro atoms. The molecule has 0 atom stereocenters. The predicted molar refractivity (Wildman–Crippen MR) is 90.7 cm³/mol. The molecule has 1 N–H and O–H groups in total. The number of aromatic nitrogens is 2. The third-order valence-corrected chi connectivity index (χ3v) is 4.62. The smallest absolute Gasteiger partial charge is 0.247 e. The summed E-state index contributed by atoms with van der Waals surface area (Å²) in [5.74, 6) is 1.91. The summed E-state index contributed by atoms with van der Waals surface area (Å²) in [6, 6.07) is 8.06. The van der Waals surface area contributed by atoms with Gasteiger partial charge in [0.05, 0.1) is 20.3 Å². The molecule has 1 aromatic carbocycles. The fourth-order valence-corrected chi connectivity index (χ4v) is 3.31. The number of nitrogens with zero attached hydrogens (tertiary/aromatic N) is 3. The number of ether oxygens (including phenoxy) is 1. The molecule has 130 valence electrons. The first-order valence-corrected chi connectivity index (χ1v) is 8.62. The van der Waals surface area contributed by atoms with Gasteiger partial charge in [0, 0.05) is 18.2 Å². The number of benzene rings is 1. The van der Waals surface area contributed by atoms with Crippen LogP contribution in [0.1, 0.15) is 38.0 Å². The molecule has 0 aliphatic heterocycles. The van der Waals surface area contributed by atoms with Crippen LogP contribution in [-0.2, 0) is 6.54 Å². The lowest BCUT2D eigenvalue weighted by molar-refractivity contribution is 0.108. The second-order valence-electron chi connectivity index (χ2n) is 6.22. The summed E-state index contributed by atoms with van der Waals surface area (Å²) in [6.07, 6.45) is 6.19. The van der Waals surface area contributed by atoms with Crippen LogP contribution < -0.4 is 4.74 Å². The first-order valence-electron chi connectivity index (χ1n) is 8.62. The molecule has 1 saturated carbocycles. The van der Waals surface area contributed by atoms with Crippen LogP contribution >= 0.6 is 0 Å². The molecular formula is C18H25N3O3.